The maximum Gasteiger partial charge on any atom is 0.205 e. The van der Waals surface area contributed by atoms with Crippen LogP contribution in [-0.4, -0.2) is 22.7 Å². The van der Waals surface area contributed by atoms with E-state index >= 15 is 0 Å². The molecule has 2 aromatic rings. The highest BCUT2D eigenvalue weighted by Gasteiger charge is 2.33. The van der Waals surface area contributed by atoms with Gasteiger partial charge in [0, 0.05) is 6.54 Å². The van der Waals surface area contributed by atoms with E-state index in [2.05, 4.69) is 5.32 Å². The van der Waals surface area contributed by atoms with Crippen LogP contribution in [0.3, 0.4) is 0 Å². The minimum atomic E-state index is -1.28. The fourth-order valence-electron chi connectivity index (χ4n) is 2.30. The smallest absolute Gasteiger partial charge is 0.205 e. The first kappa shape index (κ1) is 14.1. The molecule has 0 saturated carbocycles. The summed E-state index contributed by atoms with van der Waals surface area (Å²) in [7, 11) is -1.28. The lowest BCUT2D eigenvalue weighted by molar-refractivity contribution is 0.272. The Balaban J connectivity index is 2.01. The molecule has 0 bridgehead atoms. The molecule has 2 aromatic carbocycles. The molecule has 0 aromatic heterocycles. The minimum absolute atomic E-state index is 0.389. The normalized spacial score (nSPS) is 20.7. The van der Waals surface area contributed by atoms with Gasteiger partial charge in [-0.05, 0) is 30.8 Å². The van der Waals surface area contributed by atoms with Crippen molar-refractivity contribution in [2.45, 2.75) is 12.4 Å². The van der Waals surface area contributed by atoms with E-state index in [9.17, 15) is 4.21 Å². The molecule has 0 radical (unpaired) electrons. The van der Waals surface area contributed by atoms with Crippen LogP contribution in [0.25, 0.3) is 0 Å². The van der Waals surface area contributed by atoms with Gasteiger partial charge in [0.1, 0.15) is 5.75 Å². The zero-order valence-electron chi connectivity index (χ0n) is 11.9. The van der Waals surface area contributed by atoms with Crippen LogP contribution in [0.4, 0.5) is 11.4 Å². The Hall–Kier alpha value is -1.85. The molecule has 5 heteroatoms. The molecule has 4 nitrogen and oxygen atoms in total. The number of benzene rings is 2. The molecule has 1 aliphatic heterocycles. The Bertz CT molecular complexity index is 633. The molecular weight excluding hydrogens is 284 g/mol. The van der Waals surface area contributed by atoms with E-state index in [4.69, 9.17) is 4.74 Å². The van der Waals surface area contributed by atoms with Gasteiger partial charge in [0.05, 0.1) is 11.4 Å². The van der Waals surface area contributed by atoms with E-state index in [1.54, 1.807) is 0 Å². The van der Waals surface area contributed by atoms with Gasteiger partial charge in [0.25, 0.3) is 0 Å². The van der Waals surface area contributed by atoms with Crippen LogP contribution < -0.4 is 14.4 Å². The average Bonchev–Trinajstić information content (AvgIpc) is 2.54. The fourth-order valence-corrected chi connectivity index (χ4v) is 3.66. The highest BCUT2D eigenvalue weighted by molar-refractivity contribution is 7.87. The molecule has 2 unspecified atom stereocenters. The molecule has 0 aliphatic carbocycles. The highest BCUT2D eigenvalue weighted by Crippen LogP contribution is 2.40. The minimum Gasteiger partial charge on any atom is -0.472 e. The van der Waals surface area contributed by atoms with Gasteiger partial charge in [-0.2, -0.15) is 0 Å². The lowest BCUT2D eigenvalue weighted by Crippen LogP contribution is -2.43. The van der Waals surface area contributed by atoms with Gasteiger partial charge in [-0.3, -0.25) is 4.31 Å². The van der Waals surface area contributed by atoms with E-state index in [0.717, 1.165) is 23.7 Å². The predicted octanol–water partition coefficient (Wildman–Crippen LogP) is 2.82. The summed E-state index contributed by atoms with van der Waals surface area (Å²) in [4.78, 5) is 0. The molecule has 1 N–H and O–H groups in total. The Morgan fingerprint density at radius 1 is 1.14 bits per heavy atom. The van der Waals surface area contributed by atoms with E-state index in [0.29, 0.717) is 6.54 Å². The molecule has 2 atom stereocenters. The number of nitrogens with zero attached hydrogens (tertiary/aromatic N) is 1. The van der Waals surface area contributed by atoms with Crippen molar-refractivity contribution in [3.63, 3.8) is 0 Å². The number of rotatable bonds is 4. The van der Waals surface area contributed by atoms with E-state index < -0.39 is 11.0 Å². The average molecular weight is 302 g/mol. The number of ether oxygens (including phenoxy) is 1. The van der Waals surface area contributed by atoms with Crippen LogP contribution in [0.15, 0.2) is 54.6 Å². The Morgan fingerprint density at radius 3 is 2.62 bits per heavy atom. The molecule has 3 rings (SSSR count). The first-order valence-corrected chi connectivity index (χ1v) is 8.20. The van der Waals surface area contributed by atoms with Gasteiger partial charge in [-0.15, -0.1) is 0 Å². The van der Waals surface area contributed by atoms with Crippen LogP contribution in [0.1, 0.15) is 6.92 Å². The van der Waals surface area contributed by atoms with Crippen molar-refractivity contribution in [3.05, 3.63) is 54.6 Å². The molecule has 0 spiro atoms. The van der Waals surface area contributed by atoms with E-state index in [-0.39, 0.29) is 5.44 Å². The van der Waals surface area contributed by atoms with Crippen molar-refractivity contribution in [3.8, 4) is 5.75 Å². The number of anilines is 2. The predicted molar refractivity (Wildman–Crippen MR) is 86.1 cm³/mol. The quantitative estimate of drug-likeness (QED) is 0.944. The molecule has 1 heterocycles. The van der Waals surface area contributed by atoms with Crippen LogP contribution in [0, 0.1) is 0 Å². The summed E-state index contributed by atoms with van der Waals surface area (Å²) >= 11 is 0. The zero-order chi connectivity index (χ0) is 14.7. The van der Waals surface area contributed by atoms with Gasteiger partial charge in [-0.25, -0.2) is 4.21 Å². The van der Waals surface area contributed by atoms with Gasteiger partial charge < -0.3 is 10.1 Å². The topological polar surface area (TPSA) is 41.6 Å². The van der Waals surface area contributed by atoms with Crippen LogP contribution in [0.5, 0.6) is 5.75 Å². The molecule has 110 valence electrons. The summed E-state index contributed by atoms with van der Waals surface area (Å²) in [5, 5.41) is 3.21. The largest absolute Gasteiger partial charge is 0.472 e. The monoisotopic (exact) mass is 302 g/mol. The molecule has 21 heavy (non-hydrogen) atoms. The standard InChI is InChI=1S/C16H18N2O2S/c1-2-17-12-16-20-15-11-7-6-10-14(15)18(21(16)19)13-8-4-3-5-9-13/h3-11,16-17H,2,12H2,1H3. The molecule has 0 saturated heterocycles. The second-order valence-corrected chi connectivity index (χ2v) is 6.17. The van der Waals surface area contributed by atoms with Gasteiger partial charge in [-0.1, -0.05) is 37.3 Å². The van der Waals surface area contributed by atoms with E-state index in [1.165, 1.54) is 0 Å². The SMILES string of the molecule is CCNCC1Oc2ccccc2N(c2ccccc2)S1=O. The first-order valence-electron chi connectivity index (χ1n) is 7.03. The second-order valence-electron chi connectivity index (χ2n) is 4.73. The molecule has 1 aliphatic rings. The first-order chi connectivity index (χ1) is 10.3. The lowest BCUT2D eigenvalue weighted by atomic mass is 10.2. The van der Waals surface area contributed by atoms with Gasteiger partial charge in [0.15, 0.2) is 11.0 Å². The van der Waals surface area contributed by atoms with E-state index in [1.807, 2.05) is 65.8 Å². The summed E-state index contributed by atoms with van der Waals surface area (Å²) in [5.41, 5.74) is 1.36. The Kier molecular flexibility index (Phi) is 4.22. The molecule has 0 fully saturated rings. The van der Waals surface area contributed by atoms with Gasteiger partial charge >= 0.3 is 0 Å². The molecular formula is C16H18N2O2S. The van der Waals surface area contributed by atoms with Crippen LogP contribution in [-0.2, 0) is 11.0 Å². The number of likely N-dealkylation sites (N-methyl/N-ethyl adjacent to an activating group) is 1. The third-order valence-corrected chi connectivity index (χ3v) is 4.78. The third-order valence-electron chi connectivity index (χ3n) is 3.30. The highest BCUT2D eigenvalue weighted by atomic mass is 32.2. The van der Waals surface area contributed by atoms with Gasteiger partial charge in [0.2, 0.25) is 5.44 Å². The zero-order valence-corrected chi connectivity index (χ0v) is 12.7. The third kappa shape index (κ3) is 2.80. The Labute approximate surface area is 127 Å². The van der Waals surface area contributed by atoms with Crippen molar-refractivity contribution >= 4 is 22.4 Å². The number of para-hydroxylation sites is 3. The Morgan fingerprint density at radius 2 is 1.86 bits per heavy atom. The fraction of sp³-hybridized carbons (Fsp3) is 0.250. The number of hydrogen-bond acceptors (Lipinski definition) is 3. The van der Waals surface area contributed by atoms with Crippen LogP contribution in [0.2, 0.25) is 0 Å². The summed E-state index contributed by atoms with van der Waals surface area (Å²) in [6, 6.07) is 17.5. The number of hydrogen-bond donors (Lipinski definition) is 1. The maximum atomic E-state index is 12.9. The number of fused-ring (bicyclic) bond motifs is 1. The van der Waals surface area contributed by atoms with Crippen molar-refractivity contribution in [1.82, 2.24) is 5.32 Å². The van der Waals surface area contributed by atoms with Crippen molar-refractivity contribution < 1.29 is 8.95 Å². The summed E-state index contributed by atoms with van der Waals surface area (Å²) in [6.07, 6.45) is 0. The summed E-state index contributed by atoms with van der Waals surface area (Å²) < 4.78 is 20.6. The van der Waals surface area contributed by atoms with Crippen LogP contribution >= 0.6 is 0 Å². The van der Waals surface area contributed by atoms with Crippen molar-refractivity contribution in [2.75, 3.05) is 17.4 Å². The lowest BCUT2D eigenvalue weighted by Gasteiger charge is -2.34. The number of nitrogens with one attached hydrogen (secondary N) is 1. The second kappa shape index (κ2) is 6.28. The maximum absolute atomic E-state index is 12.9. The summed E-state index contributed by atoms with van der Waals surface area (Å²) in [6.45, 7) is 3.40. The van der Waals surface area contributed by atoms with Crippen molar-refractivity contribution in [2.24, 2.45) is 0 Å². The summed E-state index contributed by atoms with van der Waals surface area (Å²) in [5.74, 6) is 0.767. The van der Waals surface area contributed by atoms with Crippen molar-refractivity contribution in [1.29, 1.82) is 0 Å². The molecule has 0 amide bonds.